The minimum atomic E-state index is -0.545. The van der Waals surface area contributed by atoms with Crippen molar-refractivity contribution in [2.75, 3.05) is 7.05 Å². The Morgan fingerprint density at radius 3 is 2.87 bits per heavy atom. The number of esters is 1. The van der Waals surface area contributed by atoms with Crippen LogP contribution in [0.3, 0.4) is 0 Å². The van der Waals surface area contributed by atoms with E-state index in [-0.39, 0.29) is 23.3 Å². The Kier molecular flexibility index (Phi) is 3.45. The fraction of sp³-hybridized carbons (Fsp3) is 0.444. The second-order valence-corrected chi connectivity index (χ2v) is 6.46. The molecular weight excluding hydrogens is 294 g/mol. The molecule has 2 fully saturated rings. The molecule has 3 heterocycles. The van der Waals surface area contributed by atoms with Crippen LogP contribution in [0.25, 0.3) is 11.0 Å². The van der Waals surface area contributed by atoms with Gasteiger partial charge in [-0.25, -0.2) is 4.79 Å². The first-order valence-electron chi connectivity index (χ1n) is 8.09. The second-order valence-electron chi connectivity index (χ2n) is 6.46. The largest absolute Gasteiger partial charge is 0.455 e. The average Bonchev–Trinajstić information content (AvgIpc) is 2.78. The topological polar surface area (TPSA) is 59.8 Å². The zero-order valence-corrected chi connectivity index (χ0v) is 13.0. The predicted octanol–water partition coefficient (Wildman–Crippen LogP) is 2.58. The van der Waals surface area contributed by atoms with Gasteiger partial charge in [0.2, 0.25) is 5.76 Å². The van der Waals surface area contributed by atoms with Crippen molar-refractivity contribution in [1.29, 1.82) is 0 Å². The molecule has 0 radical (unpaired) electrons. The van der Waals surface area contributed by atoms with Gasteiger partial charge in [0.05, 0.1) is 5.39 Å². The van der Waals surface area contributed by atoms with E-state index in [2.05, 4.69) is 11.9 Å². The van der Waals surface area contributed by atoms with Crippen molar-refractivity contribution in [1.82, 2.24) is 4.90 Å². The Morgan fingerprint density at radius 1 is 1.22 bits per heavy atom. The van der Waals surface area contributed by atoms with E-state index in [1.165, 1.54) is 12.5 Å². The number of nitrogens with zero attached hydrogens (tertiary/aromatic N) is 1. The van der Waals surface area contributed by atoms with Crippen LogP contribution in [0.1, 0.15) is 36.2 Å². The lowest BCUT2D eigenvalue weighted by Gasteiger charge is -2.36. The van der Waals surface area contributed by atoms with Crippen LogP contribution in [0.5, 0.6) is 0 Å². The molecule has 2 unspecified atom stereocenters. The maximum absolute atomic E-state index is 12.4. The summed E-state index contributed by atoms with van der Waals surface area (Å²) in [6.45, 7) is 0. The Hall–Kier alpha value is -2.14. The summed E-state index contributed by atoms with van der Waals surface area (Å²) in [6.07, 6.45) is 4.03. The number of benzene rings is 1. The number of carbonyl (C=O) groups is 1. The van der Waals surface area contributed by atoms with Crippen molar-refractivity contribution in [3.05, 3.63) is 46.3 Å². The summed E-state index contributed by atoms with van der Waals surface area (Å²) in [4.78, 5) is 26.8. The number of hydrogen-bond donors (Lipinski definition) is 0. The van der Waals surface area contributed by atoms with E-state index < -0.39 is 5.97 Å². The lowest BCUT2D eigenvalue weighted by atomic mass is 10.0. The molecule has 23 heavy (non-hydrogen) atoms. The van der Waals surface area contributed by atoms with E-state index in [9.17, 15) is 9.59 Å². The molecule has 5 nitrogen and oxygen atoms in total. The van der Waals surface area contributed by atoms with Crippen LogP contribution < -0.4 is 5.43 Å². The van der Waals surface area contributed by atoms with Gasteiger partial charge in [-0.1, -0.05) is 12.1 Å². The molecule has 1 aromatic carbocycles. The molecule has 0 N–H and O–H groups in total. The van der Waals surface area contributed by atoms with E-state index in [1.807, 2.05) is 0 Å². The number of likely N-dealkylation sites (N-methyl/N-ethyl adjacent to an activating group) is 1. The lowest BCUT2D eigenvalue weighted by molar-refractivity contribution is -0.0153. The van der Waals surface area contributed by atoms with Gasteiger partial charge in [-0.2, -0.15) is 0 Å². The summed E-state index contributed by atoms with van der Waals surface area (Å²) in [7, 11) is 2.10. The Labute approximate surface area is 133 Å². The van der Waals surface area contributed by atoms with E-state index >= 15 is 0 Å². The van der Waals surface area contributed by atoms with Gasteiger partial charge in [0.25, 0.3) is 0 Å². The molecule has 2 bridgehead atoms. The first-order chi connectivity index (χ1) is 11.1. The van der Waals surface area contributed by atoms with Crippen molar-refractivity contribution in [3.63, 3.8) is 0 Å². The number of hydrogen-bond acceptors (Lipinski definition) is 5. The highest BCUT2D eigenvalue weighted by Gasteiger charge is 2.42. The molecule has 1 aromatic heterocycles. The fourth-order valence-electron chi connectivity index (χ4n) is 3.92. The molecule has 3 atom stereocenters. The van der Waals surface area contributed by atoms with Crippen molar-refractivity contribution in [2.45, 2.75) is 43.9 Å². The van der Waals surface area contributed by atoms with E-state index in [0.29, 0.717) is 17.0 Å². The smallest absolute Gasteiger partial charge is 0.374 e. The minimum Gasteiger partial charge on any atom is -0.455 e. The molecule has 0 saturated carbocycles. The third-order valence-corrected chi connectivity index (χ3v) is 5.20. The van der Waals surface area contributed by atoms with E-state index in [1.54, 1.807) is 24.3 Å². The summed E-state index contributed by atoms with van der Waals surface area (Å²) < 4.78 is 11.2. The number of fused-ring (bicyclic) bond motifs is 3. The van der Waals surface area contributed by atoms with E-state index in [4.69, 9.17) is 9.15 Å². The van der Waals surface area contributed by atoms with Crippen molar-refractivity contribution < 1.29 is 13.9 Å². The van der Waals surface area contributed by atoms with Gasteiger partial charge < -0.3 is 9.15 Å². The van der Waals surface area contributed by atoms with Crippen molar-refractivity contribution >= 4 is 16.9 Å². The molecule has 2 aliphatic rings. The second kappa shape index (κ2) is 5.49. The average molecular weight is 313 g/mol. The molecule has 0 spiro atoms. The molecule has 0 aliphatic carbocycles. The quantitative estimate of drug-likeness (QED) is 0.798. The maximum Gasteiger partial charge on any atom is 0.374 e. The van der Waals surface area contributed by atoms with Crippen LogP contribution >= 0.6 is 0 Å². The third kappa shape index (κ3) is 2.45. The minimum absolute atomic E-state index is 0.0172. The maximum atomic E-state index is 12.4. The number of para-hydroxylation sites is 1. The van der Waals surface area contributed by atoms with Gasteiger partial charge in [0.1, 0.15) is 11.7 Å². The highest BCUT2D eigenvalue weighted by molar-refractivity contribution is 5.89. The number of piperidine rings is 1. The van der Waals surface area contributed by atoms with Crippen LogP contribution in [0, 0.1) is 0 Å². The molecule has 4 rings (SSSR count). The summed E-state index contributed by atoms with van der Waals surface area (Å²) in [5.74, 6) is -0.562. The lowest BCUT2D eigenvalue weighted by Crippen LogP contribution is -2.46. The van der Waals surface area contributed by atoms with E-state index in [0.717, 1.165) is 19.3 Å². The van der Waals surface area contributed by atoms with Gasteiger partial charge in [-0.15, -0.1) is 0 Å². The monoisotopic (exact) mass is 313 g/mol. The third-order valence-electron chi connectivity index (χ3n) is 5.20. The highest BCUT2D eigenvalue weighted by Crippen LogP contribution is 2.36. The van der Waals surface area contributed by atoms with Crippen LogP contribution in [0.4, 0.5) is 0 Å². The Balaban J connectivity index is 1.59. The fourth-order valence-corrected chi connectivity index (χ4v) is 3.92. The van der Waals surface area contributed by atoms with Gasteiger partial charge >= 0.3 is 5.97 Å². The normalized spacial score (nSPS) is 27.3. The van der Waals surface area contributed by atoms with Gasteiger partial charge in [0, 0.05) is 18.2 Å². The first-order valence-corrected chi connectivity index (χ1v) is 8.09. The molecule has 2 aromatic rings. The first kappa shape index (κ1) is 14.5. The van der Waals surface area contributed by atoms with Crippen molar-refractivity contribution in [2.24, 2.45) is 0 Å². The summed E-state index contributed by atoms with van der Waals surface area (Å²) in [6, 6.07) is 9.04. The Morgan fingerprint density at radius 2 is 2.00 bits per heavy atom. The van der Waals surface area contributed by atoms with Crippen LogP contribution in [0.2, 0.25) is 0 Å². The van der Waals surface area contributed by atoms with Crippen LogP contribution in [-0.4, -0.2) is 36.1 Å². The highest BCUT2D eigenvalue weighted by atomic mass is 16.6. The van der Waals surface area contributed by atoms with Gasteiger partial charge in [-0.3, -0.25) is 9.69 Å². The number of ether oxygens (including phenoxy) is 1. The van der Waals surface area contributed by atoms with Crippen LogP contribution in [-0.2, 0) is 4.74 Å². The zero-order valence-electron chi connectivity index (χ0n) is 13.0. The molecule has 0 amide bonds. The number of carbonyl (C=O) groups excluding carboxylic acids is 1. The zero-order chi connectivity index (χ0) is 16.0. The number of rotatable bonds is 2. The molecule has 2 aliphatic heterocycles. The molecule has 5 heteroatoms. The molecule has 2 saturated heterocycles. The van der Waals surface area contributed by atoms with Gasteiger partial charge in [-0.05, 0) is 44.9 Å². The SMILES string of the molecule is CN1C2CCC(OC(=O)c3cc(=O)c4ccccc4o3)[C@H]1CC2. The Bertz CT molecular complexity index is 812. The molecule has 120 valence electrons. The van der Waals surface area contributed by atoms with Crippen LogP contribution in [0.15, 0.2) is 39.5 Å². The predicted molar refractivity (Wildman–Crippen MR) is 85.5 cm³/mol. The summed E-state index contributed by atoms with van der Waals surface area (Å²) in [5, 5.41) is 0.472. The van der Waals surface area contributed by atoms with Gasteiger partial charge in [0.15, 0.2) is 5.43 Å². The summed E-state index contributed by atoms with van der Waals surface area (Å²) >= 11 is 0. The summed E-state index contributed by atoms with van der Waals surface area (Å²) in [5.41, 5.74) is 0.189. The standard InChI is InChI=1S/C18H19NO4/c1-19-11-6-8-13(19)16(9-7-11)23-18(21)17-10-14(20)12-4-2-3-5-15(12)22-17/h2-5,10-11,13,16H,6-9H2,1H3/t11?,13-,16?/m1/s1. The molecular formula is C18H19NO4. The van der Waals surface area contributed by atoms with Crippen molar-refractivity contribution in [3.8, 4) is 0 Å².